The monoisotopic (exact) mass is 300 g/mol. The summed E-state index contributed by atoms with van der Waals surface area (Å²) in [4.78, 5) is 29.8. The molecule has 6 nitrogen and oxygen atoms in total. The third-order valence-corrected chi connectivity index (χ3v) is 3.61. The van der Waals surface area contributed by atoms with E-state index in [0.29, 0.717) is 16.4 Å². The number of aromatic amines is 1. The van der Waals surface area contributed by atoms with Crippen LogP contribution in [0.4, 0.5) is 5.69 Å². The Morgan fingerprint density at radius 3 is 2.90 bits per heavy atom. The predicted molar refractivity (Wildman–Crippen MR) is 80.0 cm³/mol. The Morgan fingerprint density at radius 2 is 2.19 bits per heavy atom. The minimum absolute atomic E-state index is 0.269. The molecule has 2 N–H and O–H groups in total. The highest BCUT2D eigenvalue weighted by Gasteiger charge is 2.16. The standard InChI is InChI=1S/C14H12N4O2S/c1-9(21-14-16-7-6-12(19)18-14)13(20)17-11-5-3-2-4-10(11)8-15/h2-7,9H,1H3,(H,17,20)(H,16,18,19). The van der Waals surface area contributed by atoms with Gasteiger partial charge in [0.1, 0.15) is 6.07 Å². The van der Waals surface area contributed by atoms with Crippen LogP contribution in [0.25, 0.3) is 0 Å². The fraction of sp³-hybridized carbons (Fsp3) is 0.143. The summed E-state index contributed by atoms with van der Waals surface area (Å²) in [6.45, 7) is 1.70. The van der Waals surface area contributed by atoms with Gasteiger partial charge in [-0.2, -0.15) is 5.26 Å². The highest BCUT2D eigenvalue weighted by molar-refractivity contribution is 8.00. The van der Waals surface area contributed by atoms with Gasteiger partial charge < -0.3 is 10.3 Å². The lowest BCUT2D eigenvalue weighted by Gasteiger charge is -2.11. The van der Waals surface area contributed by atoms with Crippen LogP contribution >= 0.6 is 11.8 Å². The molecule has 2 aromatic rings. The molecule has 0 spiro atoms. The van der Waals surface area contributed by atoms with E-state index >= 15 is 0 Å². The van der Waals surface area contributed by atoms with Gasteiger partial charge in [0.25, 0.3) is 5.56 Å². The Hall–Kier alpha value is -2.59. The fourth-order valence-corrected chi connectivity index (χ4v) is 2.34. The van der Waals surface area contributed by atoms with Crippen molar-refractivity contribution in [3.05, 3.63) is 52.4 Å². The van der Waals surface area contributed by atoms with Crippen molar-refractivity contribution >= 4 is 23.4 Å². The van der Waals surface area contributed by atoms with Crippen molar-refractivity contribution in [2.45, 2.75) is 17.3 Å². The molecule has 1 heterocycles. The lowest BCUT2D eigenvalue weighted by Crippen LogP contribution is -2.23. The van der Waals surface area contributed by atoms with E-state index in [4.69, 9.17) is 5.26 Å². The number of H-pyrrole nitrogens is 1. The Kier molecular flexibility index (Phi) is 4.74. The van der Waals surface area contributed by atoms with Gasteiger partial charge in [-0.05, 0) is 19.1 Å². The molecule has 1 amide bonds. The molecule has 21 heavy (non-hydrogen) atoms. The van der Waals surface area contributed by atoms with Crippen LogP contribution in [0.15, 0.2) is 46.5 Å². The first-order valence-electron chi connectivity index (χ1n) is 6.12. The van der Waals surface area contributed by atoms with Gasteiger partial charge >= 0.3 is 0 Å². The molecule has 2 rings (SSSR count). The van der Waals surface area contributed by atoms with Crippen molar-refractivity contribution in [2.24, 2.45) is 0 Å². The van der Waals surface area contributed by atoms with Crippen molar-refractivity contribution in [3.8, 4) is 6.07 Å². The molecule has 0 saturated heterocycles. The minimum Gasteiger partial charge on any atom is -0.324 e. The summed E-state index contributed by atoms with van der Waals surface area (Å²) in [5.41, 5.74) is 0.594. The number of nitrogens with one attached hydrogen (secondary N) is 2. The van der Waals surface area contributed by atoms with Crippen molar-refractivity contribution in [1.29, 1.82) is 5.26 Å². The zero-order chi connectivity index (χ0) is 15.2. The average molecular weight is 300 g/mol. The van der Waals surface area contributed by atoms with Crippen LogP contribution in [-0.4, -0.2) is 21.1 Å². The second-order valence-corrected chi connectivity index (χ2v) is 5.48. The smallest absolute Gasteiger partial charge is 0.251 e. The Balaban J connectivity index is 2.06. The van der Waals surface area contributed by atoms with Gasteiger partial charge in [0.2, 0.25) is 5.91 Å². The quantitative estimate of drug-likeness (QED) is 0.662. The Bertz CT molecular complexity index is 751. The van der Waals surface area contributed by atoms with Gasteiger partial charge in [-0.25, -0.2) is 4.98 Å². The zero-order valence-corrected chi connectivity index (χ0v) is 12.0. The topological polar surface area (TPSA) is 98.6 Å². The van der Waals surface area contributed by atoms with Gasteiger partial charge in [0.15, 0.2) is 5.16 Å². The van der Waals surface area contributed by atoms with Gasteiger partial charge in [-0.3, -0.25) is 9.59 Å². The third-order valence-electron chi connectivity index (χ3n) is 2.61. The molecule has 7 heteroatoms. The number of nitriles is 1. The number of thioether (sulfide) groups is 1. The van der Waals surface area contributed by atoms with Crippen LogP contribution < -0.4 is 10.9 Å². The molecule has 0 bridgehead atoms. The molecule has 0 aliphatic carbocycles. The molecule has 1 aromatic carbocycles. The molecule has 1 aromatic heterocycles. The number of carbonyl (C=O) groups is 1. The summed E-state index contributed by atoms with van der Waals surface area (Å²) >= 11 is 1.14. The fourth-order valence-electron chi connectivity index (χ4n) is 1.56. The summed E-state index contributed by atoms with van der Waals surface area (Å²) in [5, 5.41) is 11.6. The molecule has 0 saturated carbocycles. The summed E-state index contributed by atoms with van der Waals surface area (Å²) in [5.74, 6) is -0.269. The SMILES string of the molecule is CC(Sc1nccc(=O)[nH]1)C(=O)Nc1ccccc1C#N. The molecule has 0 aliphatic rings. The highest BCUT2D eigenvalue weighted by Crippen LogP contribution is 2.20. The number of carbonyl (C=O) groups excluding carboxylic acids is 1. The van der Waals surface area contributed by atoms with E-state index in [1.54, 1.807) is 31.2 Å². The second kappa shape index (κ2) is 6.72. The maximum atomic E-state index is 12.1. The highest BCUT2D eigenvalue weighted by atomic mass is 32.2. The molecular formula is C14H12N4O2S. The zero-order valence-electron chi connectivity index (χ0n) is 11.2. The average Bonchev–Trinajstić information content (AvgIpc) is 2.47. The van der Waals surface area contributed by atoms with Crippen molar-refractivity contribution < 1.29 is 4.79 Å². The number of amides is 1. The van der Waals surface area contributed by atoms with Gasteiger partial charge in [-0.15, -0.1) is 0 Å². The lowest BCUT2D eigenvalue weighted by atomic mass is 10.2. The number of benzene rings is 1. The van der Waals surface area contributed by atoms with Crippen LogP contribution in [0, 0.1) is 11.3 Å². The number of rotatable bonds is 4. The van der Waals surface area contributed by atoms with Crippen LogP contribution in [-0.2, 0) is 4.79 Å². The van der Waals surface area contributed by atoms with Crippen molar-refractivity contribution in [3.63, 3.8) is 0 Å². The lowest BCUT2D eigenvalue weighted by molar-refractivity contribution is -0.115. The molecule has 106 valence electrons. The Morgan fingerprint density at radius 1 is 1.43 bits per heavy atom. The van der Waals surface area contributed by atoms with Gasteiger partial charge in [0, 0.05) is 12.3 Å². The van der Waals surface area contributed by atoms with E-state index in [9.17, 15) is 9.59 Å². The first kappa shape index (κ1) is 14.8. The number of aromatic nitrogens is 2. The first-order valence-corrected chi connectivity index (χ1v) is 7.00. The minimum atomic E-state index is -0.470. The van der Waals surface area contributed by atoms with Crippen LogP contribution in [0.1, 0.15) is 12.5 Å². The molecule has 0 aliphatic heterocycles. The van der Waals surface area contributed by atoms with E-state index in [0.717, 1.165) is 11.8 Å². The Labute approximate surface area is 125 Å². The second-order valence-electron chi connectivity index (χ2n) is 4.15. The van der Waals surface area contributed by atoms with Crippen LogP contribution in [0.2, 0.25) is 0 Å². The van der Waals surface area contributed by atoms with E-state index in [-0.39, 0.29) is 11.5 Å². The number of para-hydroxylation sites is 1. The molecule has 0 radical (unpaired) electrons. The van der Waals surface area contributed by atoms with Gasteiger partial charge in [0.05, 0.1) is 16.5 Å². The maximum Gasteiger partial charge on any atom is 0.251 e. The van der Waals surface area contributed by atoms with Gasteiger partial charge in [-0.1, -0.05) is 23.9 Å². The van der Waals surface area contributed by atoms with E-state index in [1.807, 2.05) is 6.07 Å². The molecular weight excluding hydrogens is 288 g/mol. The first-order chi connectivity index (χ1) is 10.1. The summed E-state index contributed by atoms with van der Waals surface area (Å²) < 4.78 is 0. The van der Waals surface area contributed by atoms with E-state index in [1.165, 1.54) is 12.3 Å². The number of hydrogen-bond acceptors (Lipinski definition) is 5. The number of anilines is 1. The molecule has 1 atom stereocenters. The van der Waals surface area contributed by atoms with E-state index < -0.39 is 5.25 Å². The molecule has 0 fully saturated rings. The molecule has 1 unspecified atom stereocenters. The van der Waals surface area contributed by atoms with Crippen LogP contribution in [0.5, 0.6) is 0 Å². The third kappa shape index (κ3) is 3.94. The summed E-state index contributed by atoms with van der Waals surface area (Å²) in [6.07, 6.45) is 1.39. The van der Waals surface area contributed by atoms with Crippen molar-refractivity contribution in [1.82, 2.24) is 9.97 Å². The number of nitrogens with zero attached hydrogens (tertiary/aromatic N) is 2. The normalized spacial score (nSPS) is 11.4. The predicted octanol–water partition coefficient (Wildman–Crippen LogP) is 1.76. The van der Waals surface area contributed by atoms with Crippen LogP contribution in [0.3, 0.4) is 0 Å². The maximum absolute atomic E-state index is 12.1. The summed E-state index contributed by atoms with van der Waals surface area (Å²) in [7, 11) is 0. The van der Waals surface area contributed by atoms with Crippen molar-refractivity contribution in [2.75, 3.05) is 5.32 Å². The largest absolute Gasteiger partial charge is 0.324 e. The summed E-state index contributed by atoms with van der Waals surface area (Å²) in [6, 6.07) is 10.1. The van der Waals surface area contributed by atoms with E-state index in [2.05, 4.69) is 15.3 Å². The number of hydrogen-bond donors (Lipinski definition) is 2.